The lowest BCUT2D eigenvalue weighted by Gasteiger charge is -2.09. The van der Waals surface area contributed by atoms with Crippen molar-refractivity contribution in [1.82, 2.24) is 14.8 Å². The number of hydrogen-bond donors (Lipinski definition) is 0. The molecule has 2 heterocycles. The first-order valence-corrected chi connectivity index (χ1v) is 7.00. The van der Waals surface area contributed by atoms with E-state index in [2.05, 4.69) is 10.2 Å². The van der Waals surface area contributed by atoms with Crippen molar-refractivity contribution in [3.8, 4) is 11.3 Å². The molecule has 3 aromatic rings. The van der Waals surface area contributed by atoms with Gasteiger partial charge in [0.25, 0.3) is 0 Å². The highest BCUT2D eigenvalue weighted by Gasteiger charge is 2.28. The van der Waals surface area contributed by atoms with Gasteiger partial charge in [-0.05, 0) is 31.0 Å². The highest BCUT2D eigenvalue weighted by Crippen LogP contribution is 2.42. The van der Waals surface area contributed by atoms with Gasteiger partial charge in [0, 0.05) is 23.1 Å². The lowest BCUT2D eigenvalue weighted by molar-refractivity contribution is 0.510. The van der Waals surface area contributed by atoms with Crippen LogP contribution in [0.2, 0.25) is 5.15 Å². The number of hydrogen-bond acceptors (Lipinski definition) is 2. The van der Waals surface area contributed by atoms with Crippen molar-refractivity contribution in [1.29, 1.82) is 0 Å². The molecule has 106 valence electrons. The van der Waals surface area contributed by atoms with Crippen LogP contribution in [0, 0.1) is 11.6 Å². The van der Waals surface area contributed by atoms with Crippen LogP contribution in [0.15, 0.2) is 30.5 Å². The lowest BCUT2D eigenvalue weighted by Crippen LogP contribution is -1.98. The molecule has 0 unspecified atom stereocenters. The average molecular weight is 306 g/mol. The maximum absolute atomic E-state index is 13.6. The summed E-state index contributed by atoms with van der Waals surface area (Å²) in [7, 11) is 0. The minimum Gasteiger partial charge on any atom is -0.337 e. The SMILES string of the molecule is Fc1cc2cc(-c3cnnc(Cl)c3)n(C3CC3)c2cc1F. The van der Waals surface area contributed by atoms with E-state index in [4.69, 9.17) is 11.6 Å². The Morgan fingerprint density at radius 2 is 1.86 bits per heavy atom. The van der Waals surface area contributed by atoms with Crippen molar-refractivity contribution in [2.45, 2.75) is 18.9 Å². The molecule has 0 radical (unpaired) electrons. The standard InChI is InChI=1S/C15H10ClF2N3/c16-15-5-9(7-19-20-15)13-4-8-3-11(17)12(18)6-14(8)21(13)10-1-2-10/h3-7,10H,1-2H2. The summed E-state index contributed by atoms with van der Waals surface area (Å²) in [4.78, 5) is 0. The number of halogens is 3. The molecule has 1 fully saturated rings. The van der Waals surface area contributed by atoms with E-state index in [1.165, 1.54) is 12.1 Å². The van der Waals surface area contributed by atoms with Crippen LogP contribution in [0.1, 0.15) is 18.9 Å². The van der Waals surface area contributed by atoms with Gasteiger partial charge >= 0.3 is 0 Å². The molecular formula is C15H10ClF2N3. The average Bonchev–Trinajstić information content (AvgIpc) is 3.22. The van der Waals surface area contributed by atoms with Crippen LogP contribution < -0.4 is 0 Å². The van der Waals surface area contributed by atoms with Crippen molar-refractivity contribution in [2.75, 3.05) is 0 Å². The van der Waals surface area contributed by atoms with E-state index in [-0.39, 0.29) is 5.15 Å². The summed E-state index contributed by atoms with van der Waals surface area (Å²) >= 11 is 5.89. The van der Waals surface area contributed by atoms with Gasteiger partial charge in [0.05, 0.1) is 17.4 Å². The minimum atomic E-state index is -0.840. The zero-order valence-electron chi connectivity index (χ0n) is 10.9. The molecule has 0 spiro atoms. The summed E-state index contributed by atoms with van der Waals surface area (Å²) in [5.41, 5.74) is 2.34. The van der Waals surface area contributed by atoms with Crippen molar-refractivity contribution in [3.63, 3.8) is 0 Å². The predicted octanol–water partition coefficient (Wildman–Crippen LogP) is 4.36. The third-order valence-corrected chi connectivity index (χ3v) is 3.90. The second kappa shape index (κ2) is 4.49. The quantitative estimate of drug-likeness (QED) is 0.704. The van der Waals surface area contributed by atoms with Crippen molar-refractivity contribution >= 4 is 22.5 Å². The van der Waals surface area contributed by atoms with Crippen LogP contribution in [0.5, 0.6) is 0 Å². The van der Waals surface area contributed by atoms with Gasteiger partial charge in [-0.25, -0.2) is 8.78 Å². The molecular weight excluding hydrogens is 296 g/mol. The monoisotopic (exact) mass is 305 g/mol. The van der Waals surface area contributed by atoms with E-state index < -0.39 is 11.6 Å². The van der Waals surface area contributed by atoms with E-state index in [0.29, 0.717) is 16.9 Å². The summed E-state index contributed by atoms with van der Waals surface area (Å²) in [6, 6.07) is 6.33. The van der Waals surface area contributed by atoms with Crippen LogP contribution >= 0.6 is 11.6 Å². The van der Waals surface area contributed by atoms with Gasteiger partial charge in [-0.3, -0.25) is 0 Å². The largest absolute Gasteiger partial charge is 0.337 e. The summed E-state index contributed by atoms with van der Waals surface area (Å²) in [6.45, 7) is 0. The summed E-state index contributed by atoms with van der Waals surface area (Å²) < 4.78 is 29.0. The molecule has 1 aliphatic rings. The van der Waals surface area contributed by atoms with Crippen LogP contribution in [0.25, 0.3) is 22.2 Å². The second-order valence-corrected chi connectivity index (χ2v) is 5.61. The fourth-order valence-electron chi connectivity index (χ4n) is 2.65. The zero-order valence-corrected chi connectivity index (χ0v) is 11.6. The summed E-state index contributed by atoms with van der Waals surface area (Å²) in [6.07, 6.45) is 3.66. The van der Waals surface area contributed by atoms with E-state index in [0.717, 1.165) is 24.1 Å². The molecule has 0 amide bonds. The Hall–Kier alpha value is -2.01. The molecule has 0 saturated heterocycles. The zero-order chi connectivity index (χ0) is 14.6. The molecule has 0 N–H and O–H groups in total. The van der Waals surface area contributed by atoms with Gasteiger partial charge in [-0.2, -0.15) is 5.10 Å². The van der Waals surface area contributed by atoms with Gasteiger partial charge in [0.1, 0.15) is 0 Å². The summed E-state index contributed by atoms with van der Waals surface area (Å²) in [5.74, 6) is -1.67. The van der Waals surface area contributed by atoms with Crippen LogP contribution in [0.3, 0.4) is 0 Å². The maximum atomic E-state index is 13.6. The topological polar surface area (TPSA) is 30.7 Å². The van der Waals surface area contributed by atoms with Crippen LogP contribution in [-0.4, -0.2) is 14.8 Å². The van der Waals surface area contributed by atoms with Gasteiger partial charge in [0.15, 0.2) is 16.8 Å². The lowest BCUT2D eigenvalue weighted by atomic mass is 10.2. The second-order valence-electron chi connectivity index (χ2n) is 5.22. The molecule has 1 aliphatic carbocycles. The Kier molecular flexibility index (Phi) is 2.72. The number of nitrogens with zero attached hydrogens (tertiary/aromatic N) is 3. The first kappa shape index (κ1) is 12.7. The van der Waals surface area contributed by atoms with E-state index in [1.54, 1.807) is 12.3 Å². The Balaban J connectivity index is 2.02. The number of rotatable bonds is 2. The Bertz CT molecular complexity index is 855. The Morgan fingerprint density at radius 3 is 2.57 bits per heavy atom. The number of benzene rings is 1. The normalized spacial score (nSPS) is 14.8. The molecule has 2 aromatic heterocycles. The first-order chi connectivity index (χ1) is 10.1. The fourth-order valence-corrected chi connectivity index (χ4v) is 2.81. The van der Waals surface area contributed by atoms with Gasteiger partial charge in [0.2, 0.25) is 0 Å². The van der Waals surface area contributed by atoms with E-state index >= 15 is 0 Å². The molecule has 4 rings (SSSR count). The van der Waals surface area contributed by atoms with E-state index in [9.17, 15) is 8.78 Å². The molecule has 0 aliphatic heterocycles. The number of aromatic nitrogens is 3. The number of fused-ring (bicyclic) bond motifs is 1. The molecule has 0 atom stereocenters. The molecule has 1 saturated carbocycles. The third kappa shape index (κ3) is 2.08. The maximum Gasteiger partial charge on any atom is 0.160 e. The van der Waals surface area contributed by atoms with Crippen molar-refractivity contribution < 1.29 is 8.78 Å². The van der Waals surface area contributed by atoms with Crippen LogP contribution in [-0.2, 0) is 0 Å². The fraction of sp³-hybridized carbons (Fsp3) is 0.200. The van der Waals surface area contributed by atoms with Crippen LogP contribution in [0.4, 0.5) is 8.78 Å². The summed E-state index contributed by atoms with van der Waals surface area (Å²) in [5, 5.41) is 8.53. The Morgan fingerprint density at radius 1 is 1.10 bits per heavy atom. The highest BCUT2D eigenvalue weighted by atomic mass is 35.5. The van der Waals surface area contributed by atoms with Gasteiger partial charge in [-0.1, -0.05) is 11.6 Å². The van der Waals surface area contributed by atoms with Crippen molar-refractivity contribution in [3.05, 3.63) is 47.2 Å². The third-order valence-electron chi connectivity index (χ3n) is 3.71. The molecule has 1 aromatic carbocycles. The first-order valence-electron chi connectivity index (χ1n) is 6.62. The van der Waals surface area contributed by atoms with Gasteiger partial charge in [-0.15, -0.1) is 5.10 Å². The molecule has 0 bridgehead atoms. The van der Waals surface area contributed by atoms with Crippen molar-refractivity contribution in [2.24, 2.45) is 0 Å². The smallest absolute Gasteiger partial charge is 0.160 e. The molecule has 21 heavy (non-hydrogen) atoms. The molecule has 6 heteroatoms. The minimum absolute atomic E-state index is 0.289. The van der Waals surface area contributed by atoms with Gasteiger partial charge < -0.3 is 4.57 Å². The van der Waals surface area contributed by atoms with E-state index in [1.807, 2.05) is 10.6 Å². The Labute approximate surface area is 124 Å². The molecule has 3 nitrogen and oxygen atoms in total. The predicted molar refractivity (Wildman–Crippen MR) is 76.2 cm³/mol. The highest BCUT2D eigenvalue weighted by molar-refractivity contribution is 6.29.